The molecule has 0 aliphatic carbocycles. The van der Waals surface area contributed by atoms with Gasteiger partial charge in [0.15, 0.2) is 12.6 Å². The fourth-order valence-corrected chi connectivity index (χ4v) is 7.99. The summed E-state index contributed by atoms with van der Waals surface area (Å²) in [6.45, 7) is 2.81. The first-order chi connectivity index (χ1) is 29.1. The number of carbonyl (C=O) groups excluding carboxylic acids is 1. The summed E-state index contributed by atoms with van der Waals surface area (Å²) in [4.78, 5) is 13.1. The third-order valence-corrected chi connectivity index (χ3v) is 12.0. The van der Waals surface area contributed by atoms with Gasteiger partial charge in [0.25, 0.3) is 0 Å². The van der Waals surface area contributed by atoms with Gasteiger partial charge in [-0.25, -0.2) is 0 Å². The van der Waals surface area contributed by atoms with E-state index in [-0.39, 0.29) is 12.5 Å². The zero-order chi connectivity index (χ0) is 44.0. The molecule has 2 rings (SSSR count). The monoisotopic (exact) mass is 862 g/mol. The molecule has 1 amide bonds. The minimum atomic E-state index is -1.78. The first-order valence-corrected chi connectivity index (χ1v) is 23.9. The van der Waals surface area contributed by atoms with Crippen LogP contribution in [0, 0.1) is 0 Å². The van der Waals surface area contributed by atoms with E-state index in [1.54, 1.807) is 0 Å². The molecule has 0 radical (unpaired) electrons. The van der Waals surface area contributed by atoms with Gasteiger partial charge in [-0.2, -0.15) is 0 Å². The summed E-state index contributed by atoms with van der Waals surface area (Å²) in [7, 11) is 0. The summed E-state index contributed by atoms with van der Waals surface area (Å²) in [5.74, 6) is -0.217. The minimum absolute atomic E-state index is 0.217. The van der Waals surface area contributed by atoms with Crippen LogP contribution in [0.5, 0.6) is 0 Å². The lowest BCUT2D eigenvalue weighted by atomic mass is 9.97. The van der Waals surface area contributed by atoms with Crippen LogP contribution in [0.2, 0.25) is 0 Å². The molecule has 2 heterocycles. The number of aliphatic hydroxyl groups excluding tert-OH is 8. The smallest absolute Gasteiger partial charge is 0.220 e. The van der Waals surface area contributed by atoms with Crippen molar-refractivity contribution in [2.75, 3.05) is 19.8 Å². The van der Waals surface area contributed by atoms with E-state index < -0.39 is 86.8 Å². The average Bonchev–Trinajstić information content (AvgIpc) is 3.24. The maximum Gasteiger partial charge on any atom is 0.220 e. The second-order valence-electron chi connectivity index (χ2n) is 17.2. The third-order valence-electron chi connectivity index (χ3n) is 12.0. The van der Waals surface area contributed by atoms with Gasteiger partial charge in [0.05, 0.1) is 32.0 Å². The Kier molecular flexibility index (Phi) is 31.3. The number of unbranched alkanes of at least 4 members (excludes halogenated alkanes) is 21. The number of ether oxygens (including phenoxy) is 4. The summed E-state index contributed by atoms with van der Waals surface area (Å²) in [6, 6.07) is -0.827. The molecule has 2 saturated heterocycles. The molecule has 0 aromatic rings. The summed E-state index contributed by atoms with van der Waals surface area (Å²) in [5.41, 5.74) is 0. The van der Waals surface area contributed by atoms with Gasteiger partial charge in [0, 0.05) is 6.42 Å². The number of rotatable bonds is 36. The Labute approximate surface area is 361 Å². The average molecular weight is 862 g/mol. The lowest BCUT2D eigenvalue weighted by Crippen LogP contribution is -2.65. The van der Waals surface area contributed by atoms with Crippen LogP contribution in [0.1, 0.15) is 181 Å². The summed E-state index contributed by atoms with van der Waals surface area (Å²) < 4.78 is 22.7. The van der Waals surface area contributed by atoms with Crippen molar-refractivity contribution in [3.63, 3.8) is 0 Å². The highest BCUT2D eigenvalue weighted by atomic mass is 16.7. The van der Waals surface area contributed by atoms with Crippen LogP contribution in [-0.4, -0.2) is 140 Å². The van der Waals surface area contributed by atoms with Crippen LogP contribution < -0.4 is 5.32 Å². The number of allylic oxidation sites excluding steroid dienone is 2. The summed E-state index contributed by atoms with van der Waals surface area (Å²) >= 11 is 0. The Balaban J connectivity index is 1.86. The molecule has 0 aromatic heterocycles. The number of carbonyl (C=O) groups is 1. The van der Waals surface area contributed by atoms with Crippen molar-refractivity contribution >= 4 is 5.91 Å². The highest BCUT2D eigenvalue weighted by Gasteiger charge is 2.51. The SMILES string of the molecule is CCCCCCCC/C=C\CCCCCCCC(=O)NC(COC1OC(CO)C(OC2OC(CO)C(O)C(O)C2O)C(O)C1O)C(O)CCCCCCCCCCCCC. The van der Waals surface area contributed by atoms with Crippen molar-refractivity contribution in [1.82, 2.24) is 5.32 Å². The van der Waals surface area contributed by atoms with E-state index in [1.165, 1.54) is 83.5 Å². The largest absolute Gasteiger partial charge is 0.394 e. The van der Waals surface area contributed by atoms with Gasteiger partial charge in [-0.15, -0.1) is 0 Å². The van der Waals surface area contributed by atoms with Crippen LogP contribution in [-0.2, 0) is 23.7 Å². The quantitative estimate of drug-likeness (QED) is 0.0292. The minimum Gasteiger partial charge on any atom is -0.394 e. The van der Waals surface area contributed by atoms with Crippen molar-refractivity contribution in [1.29, 1.82) is 0 Å². The number of aliphatic hydroxyl groups is 8. The Morgan fingerprint density at radius 2 is 1.05 bits per heavy atom. The van der Waals surface area contributed by atoms with E-state index in [9.17, 15) is 45.6 Å². The maximum atomic E-state index is 13.1. The topological polar surface area (TPSA) is 228 Å². The molecular formula is C46H87NO13. The van der Waals surface area contributed by atoms with Crippen molar-refractivity contribution < 1.29 is 64.6 Å². The molecule has 0 spiro atoms. The third kappa shape index (κ3) is 21.9. The Morgan fingerprint density at radius 3 is 1.58 bits per heavy atom. The van der Waals surface area contributed by atoms with Crippen LogP contribution in [0.15, 0.2) is 12.2 Å². The lowest BCUT2D eigenvalue weighted by Gasteiger charge is -2.46. The molecule has 2 fully saturated rings. The molecule has 0 saturated carbocycles. The molecule has 0 bridgehead atoms. The lowest BCUT2D eigenvalue weighted by molar-refractivity contribution is -0.359. The van der Waals surface area contributed by atoms with Crippen molar-refractivity contribution in [3.8, 4) is 0 Å². The van der Waals surface area contributed by atoms with E-state index in [0.717, 1.165) is 64.2 Å². The fraction of sp³-hybridized carbons (Fsp3) is 0.935. The van der Waals surface area contributed by atoms with Crippen molar-refractivity contribution in [3.05, 3.63) is 12.2 Å². The second kappa shape index (κ2) is 34.2. The Hall–Kier alpha value is -1.27. The zero-order valence-corrected chi connectivity index (χ0v) is 37.2. The van der Waals surface area contributed by atoms with Gasteiger partial charge in [-0.3, -0.25) is 4.79 Å². The highest BCUT2D eigenvalue weighted by molar-refractivity contribution is 5.76. The van der Waals surface area contributed by atoms with Crippen molar-refractivity contribution in [2.45, 2.75) is 254 Å². The molecule has 0 aromatic carbocycles. The Bertz CT molecular complexity index is 1070. The van der Waals surface area contributed by atoms with E-state index >= 15 is 0 Å². The van der Waals surface area contributed by atoms with Gasteiger partial charge in [-0.1, -0.05) is 148 Å². The molecule has 354 valence electrons. The molecular weight excluding hydrogens is 774 g/mol. The first kappa shape index (κ1) is 54.9. The Morgan fingerprint density at radius 1 is 0.583 bits per heavy atom. The number of hydrogen-bond donors (Lipinski definition) is 9. The molecule has 12 atom stereocenters. The normalized spacial score (nSPS) is 28.3. The highest BCUT2D eigenvalue weighted by Crippen LogP contribution is 2.30. The molecule has 2 aliphatic heterocycles. The van der Waals surface area contributed by atoms with Gasteiger partial charge >= 0.3 is 0 Å². The van der Waals surface area contributed by atoms with Gasteiger partial charge in [0.2, 0.25) is 5.91 Å². The summed E-state index contributed by atoms with van der Waals surface area (Å²) in [6.07, 6.45) is 16.5. The van der Waals surface area contributed by atoms with Gasteiger partial charge < -0.3 is 65.1 Å². The zero-order valence-electron chi connectivity index (χ0n) is 37.2. The van der Waals surface area contributed by atoms with Crippen molar-refractivity contribution in [2.24, 2.45) is 0 Å². The molecule has 14 nitrogen and oxygen atoms in total. The molecule has 12 unspecified atom stereocenters. The van der Waals surface area contributed by atoms with E-state index in [1.807, 2.05) is 0 Å². The standard InChI is InChI=1S/C46H87NO13/c1-3-5-7-9-11-13-15-16-17-18-20-22-24-26-28-30-38(51)47-34(35(50)29-27-25-23-21-19-14-12-10-8-6-4-2)33-57-45-43(56)41(54)44(37(32-49)59-45)60-46-42(55)40(53)39(52)36(31-48)58-46/h16-17,34-37,39-46,48-50,52-56H,3-15,18-33H2,1-2H3,(H,47,51)/b17-16-. The molecule has 14 heteroatoms. The van der Waals surface area contributed by atoms with Crippen LogP contribution >= 0.6 is 0 Å². The second-order valence-corrected chi connectivity index (χ2v) is 17.2. The van der Waals surface area contributed by atoms with E-state index in [4.69, 9.17) is 18.9 Å². The number of nitrogens with one attached hydrogen (secondary N) is 1. The number of amides is 1. The van der Waals surface area contributed by atoms with Gasteiger partial charge in [-0.05, 0) is 38.5 Å². The van der Waals surface area contributed by atoms with E-state index in [2.05, 4.69) is 31.3 Å². The predicted octanol–water partition coefficient (Wildman–Crippen LogP) is 5.21. The number of hydrogen-bond acceptors (Lipinski definition) is 13. The summed E-state index contributed by atoms with van der Waals surface area (Å²) in [5, 5.41) is 86.6. The fourth-order valence-electron chi connectivity index (χ4n) is 7.99. The van der Waals surface area contributed by atoms with Crippen LogP contribution in [0.4, 0.5) is 0 Å². The van der Waals surface area contributed by atoms with Crippen LogP contribution in [0.3, 0.4) is 0 Å². The molecule has 60 heavy (non-hydrogen) atoms. The van der Waals surface area contributed by atoms with Gasteiger partial charge in [0.1, 0.15) is 48.8 Å². The van der Waals surface area contributed by atoms with Crippen LogP contribution in [0.25, 0.3) is 0 Å². The van der Waals surface area contributed by atoms with E-state index in [0.29, 0.717) is 19.3 Å². The maximum absolute atomic E-state index is 13.1. The first-order valence-electron chi connectivity index (χ1n) is 23.9. The molecule has 9 N–H and O–H groups in total. The molecule has 2 aliphatic rings. The predicted molar refractivity (Wildman–Crippen MR) is 231 cm³/mol.